The molecule has 0 amide bonds. The highest BCUT2D eigenvalue weighted by molar-refractivity contribution is 6.52. The van der Waals surface area contributed by atoms with Gasteiger partial charge in [-0.1, -0.05) is 5.21 Å². The Balaban J connectivity index is 1.53. The minimum Gasteiger partial charge on any atom is -0.386 e. The maximum Gasteiger partial charge on any atom is 0.126 e. The van der Waals surface area contributed by atoms with Crippen molar-refractivity contribution in [1.29, 1.82) is 0 Å². The Morgan fingerprint density at radius 3 is 2.22 bits per heavy atom. The first-order valence-corrected chi connectivity index (χ1v) is 9.49. The third-order valence-corrected chi connectivity index (χ3v) is 8.49. The summed E-state index contributed by atoms with van der Waals surface area (Å²) in [7, 11) is 0. The molecule has 0 radical (unpaired) electrons. The summed E-state index contributed by atoms with van der Waals surface area (Å²) in [6.07, 6.45) is 8.65. The second-order valence-corrected chi connectivity index (χ2v) is 10.5. The fourth-order valence-corrected chi connectivity index (χ4v) is 5.70. The lowest BCUT2D eigenvalue weighted by Crippen LogP contribution is -2.46. The summed E-state index contributed by atoms with van der Waals surface area (Å²) < 4.78 is 0.840. The molecule has 0 bridgehead atoms. The SMILES string of the molecule is O[C@@](CCC1(C2(Cl)CC2)CC1(Cl)Cl)(Cn1ccnn1)C1(Cl)CC1. The Hall–Kier alpha value is 0.260. The van der Waals surface area contributed by atoms with Gasteiger partial charge in [-0.2, -0.15) is 0 Å². The topological polar surface area (TPSA) is 50.9 Å². The van der Waals surface area contributed by atoms with Crippen molar-refractivity contribution >= 4 is 46.4 Å². The van der Waals surface area contributed by atoms with Crippen LogP contribution in [0, 0.1) is 5.41 Å². The van der Waals surface area contributed by atoms with E-state index in [-0.39, 0.29) is 10.3 Å². The molecule has 1 heterocycles. The van der Waals surface area contributed by atoms with Gasteiger partial charge in [0, 0.05) is 11.6 Å². The summed E-state index contributed by atoms with van der Waals surface area (Å²) in [5, 5.41) is 19.0. The van der Waals surface area contributed by atoms with Gasteiger partial charge in [-0.25, -0.2) is 4.68 Å². The zero-order chi connectivity index (χ0) is 16.6. The summed E-state index contributed by atoms with van der Waals surface area (Å²) in [6, 6.07) is 0. The van der Waals surface area contributed by atoms with Gasteiger partial charge in [-0.3, -0.25) is 0 Å². The van der Waals surface area contributed by atoms with Gasteiger partial charge in [-0.15, -0.1) is 51.5 Å². The first-order valence-electron chi connectivity index (χ1n) is 7.98. The highest BCUT2D eigenvalue weighted by Crippen LogP contribution is 2.79. The molecule has 1 aromatic rings. The quantitative estimate of drug-likeness (QED) is 0.708. The number of alkyl halides is 4. The predicted molar refractivity (Wildman–Crippen MR) is 91.3 cm³/mol. The Morgan fingerprint density at radius 2 is 1.78 bits per heavy atom. The van der Waals surface area contributed by atoms with Gasteiger partial charge in [0.25, 0.3) is 0 Å². The molecular weight excluding hydrogens is 380 g/mol. The van der Waals surface area contributed by atoms with Crippen LogP contribution in [0.3, 0.4) is 0 Å². The van der Waals surface area contributed by atoms with Crippen LogP contribution in [0.5, 0.6) is 0 Å². The third kappa shape index (κ3) is 2.52. The van der Waals surface area contributed by atoms with Gasteiger partial charge in [0.05, 0.1) is 22.5 Å². The molecule has 0 aliphatic heterocycles. The Morgan fingerprint density at radius 1 is 1.13 bits per heavy atom. The van der Waals surface area contributed by atoms with Crippen LogP contribution in [0.25, 0.3) is 0 Å². The summed E-state index contributed by atoms with van der Waals surface area (Å²) in [6.45, 7) is 0.319. The molecule has 0 aromatic carbocycles. The van der Waals surface area contributed by atoms with Crippen molar-refractivity contribution < 1.29 is 5.11 Å². The molecule has 3 aliphatic carbocycles. The molecule has 1 N–H and O–H groups in total. The summed E-state index contributed by atoms with van der Waals surface area (Å²) in [5.41, 5.74) is -1.38. The Bertz CT molecular complexity index is 614. The number of hydrogen-bond acceptors (Lipinski definition) is 3. The molecule has 0 spiro atoms. The predicted octanol–water partition coefficient (Wildman–Crippen LogP) is 3.90. The minimum absolute atomic E-state index is 0.312. The average molecular weight is 399 g/mol. The van der Waals surface area contributed by atoms with E-state index in [2.05, 4.69) is 10.3 Å². The molecule has 1 aromatic heterocycles. The van der Waals surface area contributed by atoms with Gasteiger partial charge in [0.15, 0.2) is 0 Å². The van der Waals surface area contributed by atoms with Crippen LogP contribution in [0.15, 0.2) is 12.4 Å². The molecule has 4 rings (SSSR count). The lowest BCUT2D eigenvalue weighted by molar-refractivity contribution is -0.00818. The fraction of sp³-hybridized carbons (Fsp3) is 0.867. The van der Waals surface area contributed by atoms with Crippen LogP contribution in [-0.4, -0.2) is 39.8 Å². The zero-order valence-electron chi connectivity index (χ0n) is 12.6. The molecule has 1 unspecified atom stereocenters. The molecule has 2 atom stereocenters. The molecule has 4 nitrogen and oxygen atoms in total. The zero-order valence-corrected chi connectivity index (χ0v) is 15.6. The highest BCUT2D eigenvalue weighted by Gasteiger charge is 2.78. The van der Waals surface area contributed by atoms with Crippen molar-refractivity contribution in [3.05, 3.63) is 12.4 Å². The van der Waals surface area contributed by atoms with Crippen molar-refractivity contribution in [3.8, 4) is 0 Å². The van der Waals surface area contributed by atoms with Gasteiger partial charge < -0.3 is 5.11 Å². The van der Waals surface area contributed by atoms with E-state index in [0.29, 0.717) is 25.8 Å². The summed E-state index contributed by atoms with van der Waals surface area (Å²) in [5.74, 6) is 0. The molecule has 128 valence electrons. The van der Waals surface area contributed by atoms with Gasteiger partial charge in [0.2, 0.25) is 0 Å². The molecule has 3 saturated carbocycles. The van der Waals surface area contributed by atoms with E-state index < -0.39 is 14.8 Å². The van der Waals surface area contributed by atoms with Crippen LogP contribution in [0.4, 0.5) is 0 Å². The smallest absolute Gasteiger partial charge is 0.126 e. The first-order chi connectivity index (χ1) is 10.7. The Kier molecular flexibility index (Phi) is 3.57. The molecular formula is C15H19Cl4N3O. The van der Waals surface area contributed by atoms with Crippen LogP contribution < -0.4 is 0 Å². The lowest BCUT2D eigenvalue weighted by Gasteiger charge is -2.35. The van der Waals surface area contributed by atoms with Crippen LogP contribution in [0.2, 0.25) is 0 Å². The van der Waals surface area contributed by atoms with Crippen molar-refractivity contribution in [2.45, 2.75) is 71.2 Å². The Labute approximate surface area is 155 Å². The summed E-state index contributed by atoms with van der Waals surface area (Å²) in [4.78, 5) is -0.910. The first kappa shape index (κ1) is 16.7. The maximum absolute atomic E-state index is 11.3. The van der Waals surface area contributed by atoms with E-state index in [9.17, 15) is 5.11 Å². The molecule has 23 heavy (non-hydrogen) atoms. The van der Waals surface area contributed by atoms with E-state index in [1.807, 2.05) is 0 Å². The van der Waals surface area contributed by atoms with E-state index in [1.54, 1.807) is 17.1 Å². The lowest BCUT2D eigenvalue weighted by atomic mass is 9.84. The van der Waals surface area contributed by atoms with E-state index in [4.69, 9.17) is 46.4 Å². The van der Waals surface area contributed by atoms with Crippen LogP contribution >= 0.6 is 46.4 Å². The maximum atomic E-state index is 11.3. The molecule has 8 heteroatoms. The van der Waals surface area contributed by atoms with E-state index in [0.717, 1.165) is 25.7 Å². The normalized spacial score (nSPS) is 34.7. The minimum atomic E-state index is -1.07. The molecule has 3 aliphatic rings. The number of nitrogens with zero attached hydrogens (tertiary/aromatic N) is 3. The summed E-state index contributed by atoms with van der Waals surface area (Å²) >= 11 is 26.1. The van der Waals surface area contributed by atoms with Gasteiger partial charge in [-0.05, 0) is 44.9 Å². The average Bonchev–Trinajstić information content (AvgIpc) is 3.41. The van der Waals surface area contributed by atoms with Crippen molar-refractivity contribution in [2.75, 3.05) is 0 Å². The largest absolute Gasteiger partial charge is 0.386 e. The monoisotopic (exact) mass is 397 g/mol. The third-order valence-electron chi connectivity index (χ3n) is 6.03. The number of halogens is 4. The van der Waals surface area contributed by atoms with Crippen molar-refractivity contribution in [1.82, 2.24) is 15.0 Å². The van der Waals surface area contributed by atoms with Gasteiger partial charge >= 0.3 is 0 Å². The van der Waals surface area contributed by atoms with Crippen LogP contribution in [-0.2, 0) is 6.54 Å². The van der Waals surface area contributed by atoms with Gasteiger partial charge in [0.1, 0.15) is 9.93 Å². The number of hydrogen-bond donors (Lipinski definition) is 1. The number of aromatic nitrogens is 3. The van der Waals surface area contributed by atoms with E-state index in [1.165, 1.54) is 0 Å². The van der Waals surface area contributed by atoms with E-state index >= 15 is 0 Å². The molecule has 0 saturated heterocycles. The molecule has 3 fully saturated rings. The second-order valence-electron chi connectivity index (χ2n) is 7.53. The fourth-order valence-electron chi connectivity index (χ4n) is 3.93. The van der Waals surface area contributed by atoms with Crippen molar-refractivity contribution in [3.63, 3.8) is 0 Å². The number of rotatable bonds is 7. The van der Waals surface area contributed by atoms with Crippen LogP contribution in [0.1, 0.15) is 44.9 Å². The number of aliphatic hydroxyl groups is 1. The second kappa shape index (κ2) is 4.91. The highest BCUT2D eigenvalue weighted by atomic mass is 35.5. The standard InChI is InChI=1S/C15H19Cl4N3O/c16-12(2-3-12)11(9-15(11,18)19)1-6-14(23,13(17)4-5-13)10-22-8-7-20-21-22/h7-8,23H,1-6,9-10H2/t11?,14-/m0/s1. The van der Waals surface area contributed by atoms with Crippen molar-refractivity contribution in [2.24, 2.45) is 5.41 Å².